The molecular weight excluding hydrogens is 220 g/mol. The fourth-order valence-corrected chi connectivity index (χ4v) is 1.92. The molecule has 0 aromatic heterocycles. The number of rotatable bonds is 3. The van der Waals surface area contributed by atoms with Gasteiger partial charge in [-0.3, -0.25) is 0 Å². The summed E-state index contributed by atoms with van der Waals surface area (Å²) >= 11 is 0. The van der Waals surface area contributed by atoms with Gasteiger partial charge in [0.05, 0.1) is 13.2 Å². The fraction of sp³-hybridized carbons (Fsp3) is 0.500. The van der Waals surface area contributed by atoms with Crippen molar-refractivity contribution in [3.05, 3.63) is 23.8 Å². The number of hydrazine groups is 1. The molecule has 2 rings (SSSR count). The lowest BCUT2D eigenvalue weighted by molar-refractivity contribution is 0.00468. The van der Waals surface area contributed by atoms with E-state index in [1.807, 2.05) is 6.92 Å². The molecule has 0 saturated carbocycles. The first-order valence-corrected chi connectivity index (χ1v) is 5.77. The van der Waals surface area contributed by atoms with Gasteiger partial charge < -0.3 is 14.9 Å². The molecule has 0 bridgehead atoms. The molecule has 0 aliphatic carbocycles. The molecule has 1 unspecified atom stereocenters. The average molecular weight is 238 g/mol. The quantitative estimate of drug-likeness (QED) is 0.685. The second-order valence-corrected chi connectivity index (χ2v) is 4.19. The molecule has 1 saturated heterocycles. The average Bonchev–Trinajstić information content (AvgIpc) is 2.33. The summed E-state index contributed by atoms with van der Waals surface area (Å²) < 4.78 is 5.26. The molecule has 1 aromatic rings. The Morgan fingerprint density at radius 2 is 2.00 bits per heavy atom. The third-order valence-electron chi connectivity index (χ3n) is 2.86. The summed E-state index contributed by atoms with van der Waals surface area (Å²) in [4.78, 5) is 0. The number of aromatic hydroxyl groups is 2. The minimum absolute atomic E-state index is 0.0554. The van der Waals surface area contributed by atoms with Crippen LogP contribution in [-0.4, -0.2) is 41.5 Å². The van der Waals surface area contributed by atoms with E-state index in [0.717, 1.165) is 13.1 Å². The smallest absolute Gasteiger partial charge is 0.120 e. The molecular formula is C12H18N2O3. The van der Waals surface area contributed by atoms with Gasteiger partial charge in [-0.2, -0.15) is 0 Å². The van der Waals surface area contributed by atoms with E-state index in [9.17, 15) is 10.2 Å². The fourth-order valence-electron chi connectivity index (χ4n) is 1.92. The predicted octanol–water partition coefficient (Wildman–Crippen LogP) is 0.996. The maximum atomic E-state index is 9.74. The Bertz CT molecular complexity index is 378. The normalized spacial score (nSPS) is 19.1. The van der Waals surface area contributed by atoms with E-state index in [2.05, 4.69) is 10.4 Å². The lowest BCUT2D eigenvalue weighted by Crippen LogP contribution is -2.46. The number of ether oxygens (including phenoxy) is 1. The monoisotopic (exact) mass is 238 g/mol. The number of benzene rings is 1. The molecule has 1 aromatic carbocycles. The highest BCUT2D eigenvalue weighted by Crippen LogP contribution is 2.27. The molecule has 0 radical (unpaired) electrons. The molecule has 17 heavy (non-hydrogen) atoms. The van der Waals surface area contributed by atoms with Crippen LogP contribution in [0.3, 0.4) is 0 Å². The minimum atomic E-state index is -0.0554. The Labute approximate surface area is 101 Å². The van der Waals surface area contributed by atoms with Crippen molar-refractivity contribution >= 4 is 0 Å². The maximum Gasteiger partial charge on any atom is 0.120 e. The van der Waals surface area contributed by atoms with Crippen molar-refractivity contribution in [3.8, 4) is 11.5 Å². The van der Waals surface area contributed by atoms with Crippen LogP contribution in [0.4, 0.5) is 0 Å². The number of nitrogens with one attached hydrogen (secondary N) is 1. The van der Waals surface area contributed by atoms with Gasteiger partial charge in [-0.1, -0.05) is 0 Å². The van der Waals surface area contributed by atoms with Crippen molar-refractivity contribution in [2.45, 2.75) is 13.0 Å². The van der Waals surface area contributed by atoms with Crippen LogP contribution in [0.2, 0.25) is 0 Å². The Morgan fingerprint density at radius 1 is 1.29 bits per heavy atom. The van der Waals surface area contributed by atoms with E-state index >= 15 is 0 Å². The second-order valence-electron chi connectivity index (χ2n) is 4.19. The molecule has 3 N–H and O–H groups in total. The molecule has 1 aliphatic rings. The number of morpholine rings is 1. The summed E-state index contributed by atoms with van der Waals surface area (Å²) in [5.41, 5.74) is 3.98. The number of hydrogen-bond donors (Lipinski definition) is 3. The third kappa shape index (κ3) is 3.09. The Balaban J connectivity index is 2.02. The van der Waals surface area contributed by atoms with E-state index < -0.39 is 0 Å². The molecule has 1 aliphatic heterocycles. The second kappa shape index (κ2) is 5.35. The predicted molar refractivity (Wildman–Crippen MR) is 63.7 cm³/mol. The van der Waals surface area contributed by atoms with E-state index in [1.165, 1.54) is 12.1 Å². The molecule has 0 amide bonds. The van der Waals surface area contributed by atoms with Gasteiger partial charge in [-0.15, -0.1) is 0 Å². The molecule has 5 heteroatoms. The van der Waals surface area contributed by atoms with Crippen molar-refractivity contribution in [1.29, 1.82) is 0 Å². The molecule has 1 fully saturated rings. The van der Waals surface area contributed by atoms with Gasteiger partial charge in [-0.05, 0) is 25.1 Å². The van der Waals surface area contributed by atoms with Gasteiger partial charge in [-0.25, -0.2) is 10.4 Å². The highest BCUT2D eigenvalue weighted by molar-refractivity contribution is 5.40. The summed E-state index contributed by atoms with van der Waals surface area (Å²) in [5.74, 6) is 0.351. The zero-order valence-electron chi connectivity index (χ0n) is 9.89. The van der Waals surface area contributed by atoms with Gasteiger partial charge in [0.25, 0.3) is 0 Å². The highest BCUT2D eigenvalue weighted by atomic mass is 16.5. The van der Waals surface area contributed by atoms with E-state index in [0.29, 0.717) is 18.8 Å². The lowest BCUT2D eigenvalue weighted by Gasteiger charge is -2.30. The zero-order valence-corrected chi connectivity index (χ0v) is 9.89. The number of hydrogen-bond acceptors (Lipinski definition) is 5. The number of phenolic OH excluding ortho intramolecular Hbond substituents is 2. The van der Waals surface area contributed by atoms with Gasteiger partial charge in [0, 0.05) is 24.7 Å². The molecule has 1 heterocycles. The van der Waals surface area contributed by atoms with Crippen LogP contribution in [-0.2, 0) is 4.74 Å². The van der Waals surface area contributed by atoms with Crippen LogP contribution in [0.25, 0.3) is 0 Å². The van der Waals surface area contributed by atoms with Gasteiger partial charge in [0.15, 0.2) is 0 Å². The Hall–Kier alpha value is -1.30. The van der Waals surface area contributed by atoms with Crippen molar-refractivity contribution in [3.63, 3.8) is 0 Å². The first-order valence-electron chi connectivity index (χ1n) is 5.77. The summed E-state index contributed by atoms with van der Waals surface area (Å²) in [6, 6.07) is 4.50. The third-order valence-corrected chi connectivity index (χ3v) is 2.86. The van der Waals surface area contributed by atoms with Gasteiger partial charge in [0.2, 0.25) is 0 Å². The molecule has 0 spiro atoms. The molecule has 94 valence electrons. The Morgan fingerprint density at radius 3 is 2.71 bits per heavy atom. The van der Waals surface area contributed by atoms with Crippen LogP contribution < -0.4 is 5.43 Å². The Kier molecular flexibility index (Phi) is 3.83. The molecule has 1 atom stereocenters. The van der Waals surface area contributed by atoms with E-state index in [4.69, 9.17) is 4.74 Å². The highest BCUT2D eigenvalue weighted by Gasteiger charge is 2.16. The van der Waals surface area contributed by atoms with Gasteiger partial charge >= 0.3 is 0 Å². The maximum absolute atomic E-state index is 9.74. The first-order chi connectivity index (χ1) is 8.16. The van der Waals surface area contributed by atoms with Crippen molar-refractivity contribution in [2.75, 3.05) is 26.3 Å². The molecule has 5 nitrogen and oxygen atoms in total. The summed E-state index contributed by atoms with van der Waals surface area (Å²) in [6.45, 7) is 5.02. The van der Waals surface area contributed by atoms with Crippen LogP contribution in [0.5, 0.6) is 11.5 Å². The van der Waals surface area contributed by atoms with Crippen molar-refractivity contribution in [1.82, 2.24) is 10.4 Å². The van der Waals surface area contributed by atoms with Crippen LogP contribution in [0.15, 0.2) is 18.2 Å². The van der Waals surface area contributed by atoms with Crippen LogP contribution in [0, 0.1) is 0 Å². The minimum Gasteiger partial charge on any atom is -0.508 e. The summed E-state index contributed by atoms with van der Waals surface area (Å²) in [6.07, 6.45) is 0. The SMILES string of the molecule is CC(NN1CCOCC1)c1cc(O)ccc1O. The summed E-state index contributed by atoms with van der Waals surface area (Å²) in [5, 5.41) is 21.2. The topological polar surface area (TPSA) is 65.0 Å². The van der Waals surface area contributed by atoms with Crippen LogP contribution >= 0.6 is 0 Å². The largest absolute Gasteiger partial charge is 0.508 e. The van der Waals surface area contributed by atoms with E-state index in [-0.39, 0.29) is 17.5 Å². The van der Waals surface area contributed by atoms with Gasteiger partial charge in [0.1, 0.15) is 11.5 Å². The number of nitrogens with zero attached hydrogens (tertiary/aromatic N) is 1. The summed E-state index contributed by atoms with van der Waals surface area (Å²) in [7, 11) is 0. The van der Waals surface area contributed by atoms with Crippen molar-refractivity contribution < 1.29 is 14.9 Å². The van der Waals surface area contributed by atoms with Crippen molar-refractivity contribution in [2.24, 2.45) is 0 Å². The van der Waals surface area contributed by atoms with E-state index in [1.54, 1.807) is 6.07 Å². The zero-order chi connectivity index (χ0) is 12.3. The lowest BCUT2D eigenvalue weighted by atomic mass is 10.1. The van der Waals surface area contributed by atoms with Crippen LogP contribution in [0.1, 0.15) is 18.5 Å². The standard InChI is InChI=1S/C12H18N2O3/c1-9(13-14-4-6-17-7-5-14)11-8-10(15)2-3-12(11)16/h2-3,8-9,13,15-16H,4-7H2,1H3. The first kappa shape index (κ1) is 12.2. The number of phenols is 2.